The Balaban J connectivity index is 2.61. The Morgan fingerprint density at radius 1 is 1.31 bits per heavy atom. The van der Waals surface area contributed by atoms with Crippen LogP contribution in [0, 0.1) is 5.92 Å². The van der Waals surface area contributed by atoms with E-state index in [1.165, 1.54) is 5.56 Å². The molecule has 2 N–H and O–H groups in total. The van der Waals surface area contributed by atoms with Crippen molar-refractivity contribution in [3.8, 4) is 0 Å². The third-order valence-electron chi connectivity index (χ3n) is 3.00. The van der Waals surface area contributed by atoms with Crippen LogP contribution in [0.1, 0.15) is 32.4 Å². The molecule has 3 unspecified atom stereocenters. The van der Waals surface area contributed by atoms with Crippen LogP contribution in [0.15, 0.2) is 28.7 Å². The summed E-state index contributed by atoms with van der Waals surface area (Å²) in [6, 6.07) is 8.89. The quantitative estimate of drug-likeness (QED) is 0.871. The lowest BCUT2D eigenvalue weighted by Gasteiger charge is -2.24. The average molecular weight is 286 g/mol. The molecule has 0 aliphatic heterocycles. The van der Waals surface area contributed by atoms with Crippen LogP contribution in [-0.2, 0) is 0 Å². The first-order valence-corrected chi connectivity index (χ1v) is 6.46. The molecule has 0 heterocycles. The minimum Gasteiger partial charge on any atom is -0.396 e. The van der Waals surface area contributed by atoms with E-state index >= 15 is 0 Å². The maximum atomic E-state index is 9.09. The molecule has 1 rings (SSSR count). The van der Waals surface area contributed by atoms with Gasteiger partial charge in [0.05, 0.1) is 0 Å². The minimum atomic E-state index is 0.222. The molecular weight excluding hydrogens is 266 g/mol. The number of aliphatic hydroxyl groups is 1. The van der Waals surface area contributed by atoms with Gasteiger partial charge in [0.25, 0.3) is 0 Å². The lowest BCUT2D eigenvalue weighted by molar-refractivity contribution is 0.202. The summed E-state index contributed by atoms with van der Waals surface area (Å²) in [7, 11) is 0. The number of benzene rings is 1. The van der Waals surface area contributed by atoms with Crippen LogP contribution in [0.2, 0.25) is 0 Å². The predicted molar refractivity (Wildman–Crippen MR) is 71.4 cm³/mol. The van der Waals surface area contributed by atoms with Crippen molar-refractivity contribution in [1.29, 1.82) is 0 Å². The second-order valence-electron chi connectivity index (χ2n) is 4.39. The Hall–Kier alpha value is -0.380. The van der Waals surface area contributed by atoms with Gasteiger partial charge in [0, 0.05) is 23.2 Å². The van der Waals surface area contributed by atoms with E-state index in [4.69, 9.17) is 5.11 Å². The van der Waals surface area contributed by atoms with E-state index < -0.39 is 0 Å². The number of nitrogens with one attached hydrogen (secondary N) is 1. The number of rotatable bonds is 5. The predicted octanol–water partition coefficient (Wildman–Crippen LogP) is 3.12. The molecule has 16 heavy (non-hydrogen) atoms. The molecule has 0 spiro atoms. The topological polar surface area (TPSA) is 32.3 Å². The van der Waals surface area contributed by atoms with E-state index in [9.17, 15) is 0 Å². The largest absolute Gasteiger partial charge is 0.396 e. The Morgan fingerprint density at radius 3 is 2.56 bits per heavy atom. The third kappa shape index (κ3) is 3.89. The first-order valence-electron chi connectivity index (χ1n) is 5.67. The van der Waals surface area contributed by atoms with Crippen molar-refractivity contribution in [2.45, 2.75) is 32.9 Å². The zero-order valence-corrected chi connectivity index (χ0v) is 11.7. The highest BCUT2D eigenvalue weighted by molar-refractivity contribution is 9.10. The zero-order chi connectivity index (χ0) is 12.1. The first-order chi connectivity index (χ1) is 7.54. The SMILES string of the molecule is CC(NC(C)C(C)CO)c1cccc(Br)c1. The molecule has 3 atom stereocenters. The molecule has 0 aromatic heterocycles. The number of aliphatic hydroxyl groups excluding tert-OH is 1. The molecule has 90 valence electrons. The third-order valence-corrected chi connectivity index (χ3v) is 3.50. The maximum absolute atomic E-state index is 9.09. The van der Waals surface area contributed by atoms with Gasteiger partial charge in [-0.3, -0.25) is 0 Å². The average Bonchev–Trinajstić information content (AvgIpc) is 2.27. The van der Waals surface area contributed by atoms with Gasteiger partial charge < -0.3 is 10.4 Å². The van der Waals surface area contributed by atoms with Crippen molar-refractivity contribution in [3.05, 3.63) is 34.3 Å². The van der Waals surface area contributed by atoms with E-state index in [0.717, 1.165) is 4.47 Å². The molecule has 3 heteroatoms. The van der Waals surface area contributed by atoms with Gasteiger partial charge in [-0.05, 0) is 37.5 Å². The molecule has 0 saturated heterocycles. The summed E-state index contributed by atoms with van der Waals surface area (Å²) in [5.74, 6) is 0.273. The van der Waals surface area contributed by atoms with Crippen molar-refractivity contribution in [2.75, 3.05) is 6.61 Å². The molecule has 1 aromatic rings. The maximum Gasteiger partial charge on any atom is 0.0471 e. The molecule has 0 aliphatic rings. The fourth-order valence-corrected chi connectivity index (χ4v) is 2.01. The highest BCUT2D eigenvalue weighted by atomic mass is 79.9. The summed E-state index contributed by atoms with van der Waals surface area (Å²) in [5, 5.41) is 12.6. The lowest BCUT2D eigenvalue weighted by Crippen LogP contribution is -2.35. The molecule has 0 aliphatic carbocycles. The Labute approximate surface area is 106 Å². The van der Waals surface area contributed by atoms with Crippen LogP contribution < -0.4 is 5.32 Å². The van der Waals surface area contributed by atoms with Gasteiger partial charge in [-0.25, -0.2) is 0 Å². The second kappa shape index (κ2) is 6.38. The van der Waals surface area contributed by atoms with E-state index in [1.54, 1.807) is 0 Å². The first kappa shape index (κ1) is 13.7. The highest BCUT2D eigenvalue weighted by Gasteiger charge is 2.14. The fourth-order valence-electron chi connectivity index (χ4n) is 1.59. The molecule has 2 nitrogen and oxygen atoms in total. The van der Waals surface area contributed by atoms with Gasteiger partial charge in [0.2, 0.25) is 0 Å². The van der Waals surface area contributed by atoms with Crippen molar-refractivity contribution >= 4 is 15.9 Å². The van der Waals surface area contributed by atoms with Gasteiger partial charge in [0.15, 0.2) is 0 Å². The smallest absolute Gasteiger partial charge is 0.0471 e. The summed E-state index contributed by atoms with van der Waals surface area (Å²) < 4.78 is 1.10. The van der Waals surface area contributed by atoms with Gasteiger partial charge in [-0.2, -0.15) is 0 Å². The van der Waals surface area contributed by atoms with Crippen LogP contribution >= 0.6 is 15.9 Å². The summed E-state index contributed by atoms with van der Waals surface area (Å²) in [4.78, 5) is 0. The summed E-state index contributed by atoms with van der Waals surface area (Å²) in [5.41, 5.74) is 1.26. The van der Waals surface area contributed by atoms with Crippen molar-refractivity contribution in [3.63, 3.8) is 0 Å². The van der Waals surface area contributed by atoms with Crippen molar-refractivity contribution < 1.29 is 5.11 Å². The number of hydrogen-bond donors (Lipinski definition) is 2. The van der Waals surface area contributed by atoms with Crippen LogP contribution in [0.25, 0.3) is 0 Å². The van der Waals surface area contributed by atoms with E-state index in [-0.39, 0.29) is 12.5 Å². The van der Waals surface area contributed by atoms with Crippen molar-refractivity contribution in [2.24, 2.45) is 5.92 Å². The monoisotopic (exact) mass is 285 g/mol. The highest BCUT2D eigenvalue weighted by Crippen LogP contribution is 2.19. The molecule has 1 aromatic carbocycles. The lowest BCUT2D eigenvalue weighted by atomic mass is 10.0. The Bertz CT molecular complexity index is 329. The van der Waals surface area contributed by atoms with Gasteiger partial charge in [0.1, 0.15) is 0 Å². The number of halogens is 1. The minimum absolute atomic E-state index is 0.222. The van der Waals surface area contributed by atoms with Gasteiger partial charge in [-0.1, -0.05) is 35.0 Å². The second-order valence-corrected chi connectivity index (χ2v) is 5.31. The van der Waals surface area contributed by atoms with Crippen molar-refractivity contribution in [1.82, 2.24) is 5.32 Å². The molecule has 0 amide bonds. The zero-order valence-electron chi connectivity index (χ0n) is 10.1. The summed E-state index contributed by atoms with van der Waals surface area (Å²) in [6.07, 6.45) is 0. The Morgan fingerprint density at radius 2 is 2.00 bits per heavy atom. The van der Waals surface area contributed by atoms with Gasteiger partial charge >= 0.3 is 0 Å². The Kier molecular flexibility index (Phi) is 5.46. The van der Waals surface area contributed by atoms with E-state index in [0.29, 0.717) is 12.1 Å². The summed E-state index contributed by atoms with van der Waals surface area (Å²) >= 11 is 3.47. The van der Waals surface area contributed by atoms with Crippen LogP contribution in [0.4, 0.5) is 0 Å². The van der Waals surface area contributed by atoms with E-state index in [2.05, 4.69) is 47.2 Å². The van der Waals surface area contributed by atoms with Crippen LogP contribution in [0.5, 0.6) is 0 Å². The molecular formula is C13H20BrNO. The van der Waals surface area contributed by atoms with Crippen LogP contribution in [-0.4, -0.2) is 17.8 Å². The van der Waals surface area contributed by atoms with Gasteiger partial charge in [-0.15, -0.1) is 0 Å². The normalized spacial score (nSPS) is 16.8. The molecule has 0 saturated carbocycles. The molecule has 0 radical (unpaired) electrons. The fraction of sp³-hybridized carbons (Fsp3) is 0.538. The standard InChI is InChI=1S/C13H20BrNO/c1-9(8-16)10(2)15-11(3)12-5-4-6-13(14)7-12/h4-7,9-11,15-16H,8H2,1-3H3. The summed E-state index contributed by atoms with van der Waals surface area (Å²) in [6.45, 7) is 6.52. The number of hydrogen-bond acceptors (Lipinski definition) is 2. The van der Waals surface area contributed by atoms with Crippen LogP contribution in [0.3, 0.4) is 0 Å². The molecule has 0 fully saturated rings. The van der Waals surface area contributed by atoms with E-state index in [1.807, 2.05) is 19.1 Å². The molecule has 0 bridgehead atoms.